The van der Waals surface area contributed by atoms with Crippen molar-refractivity contribution >= 4 is 17.7 Å². The van der Waals surface area contributed by atoms with Gasteiger partial charge in [-0.15, -0.1) is 0 Å². The highest BCUT2D eigenvalue weighted by Gasteiger charge is 2.28. The van der Waals surface area contributed by atoms with Crippen LogP contribution >= 0.6 is 0 Å². The summed E-state index contributed by atoms with van der Waals surface area (Å²) in [5.74, 6) is 0.0221. The fourth-order valence-corrected chi connectivity index (χ4v) is 3.89. The molecule has 0 unspecified atom stereocenters. The molecule has 2 amide bonds. The van der Waals surface area contributed by atoms with Gasteiger partial charge in [-0.2, -0.15) is 0 Å². The number of carbonyl (C=O) groups is 2. The number of nitrogens with one attached hydrogen (secondary N) is 1. The Hall–Kier alpha value is -2.08. The Morgan fingerprint density at radius 2 is 1.74 bits per heavy atom. The zero-order chi connectivity index (χ0) is 19.4. The van der Waals surface area contributed by atoms with Gasteiger partial charge in [0.25, 0.3) is 5.91 Å². The SMILES string of the molecule is CC(C)(C)OC(=O)Nc1cccc(C(=O)N2CCN(C3CCCC3)CC2)c1. The van der Waals surface area contributed by atoms with Gasteiger partial charge in [0.2, 0.25) is 0 Å². The summed E-state index contributed by atoms with van der Waals surface area (Å²) >= 11 is 0. The quantitative estimate of drug-likeness (QED) is 0.877. The van der Waals surface area contributed by atoms with Crippen molar-refractivity contribution in [1.82, 2.24) is 9.80 Å². The summed E-state index contributed by atoms with van der Waals surface area (Å²) in [6, 6.07) is 7.78. The van der Waals surface area contributed by atoms with E-state index in [4.69, 9.17) is 4.74 Å². The van der Waals surface area contributed by atoms with Crippen LogP contribution in [0.2, 0.25) is 0 Å². The maximum atomic E-state index is 12.9. The van der Waals surface area contributed by atoms with Crippen molar-refractivity contribution in [2.75, 3.05) is 31.5 Å². The van der Waals surface area contributed by atoms with Crippen LogP contribution in [0.1, 0.15) is 56.8 Å². The first-order valence-electron chi connectivity index (χ1n) is 9.95. The van der Waals surface area contributed by atoms with Gasteiger partial charge in [-0.05, 0) is 51.8 Å². The molecule has 1 aromatic carbocycles. The Labute approximate surface area is 161 Å². The number of rotatable bonds is 3. The van der Waals surface area contributed by atoms with E-state index in [-0.39, 0.29) is 5.91 Å². The summed E-state index contributed by atoms with van der Waals surface area (Å²) in [4.78, 5) is 29.3. The Kier molecular flexibility index (Phi) is 6.05. The minimum absolute atomic E-state index is 0.0221. The topological polar surface area (TPSA) is 61.9 Å². The molecular formula is C21H31N3O3. The van der Waals surface area contributed by atoms with Crippen molar-refractivity contribution in [3.8, 4) is 0 Å². The molecule has 3 rings (SSSR count). The number of hydrogen-bond donors (Lipinski definition) is 1. The number of anilines is 1. The molecule has 1 saturated heterocycles. The highest BCUT2D eigenvalue weighted by atomic mass is 16.6. The Bertz CT molecular complexity index is 669. The van der Waals surface area contributed by atoms with Gasteiger partial charge < -0.3 is 9.64 Å². The van der Waals surface area contributed by atoms with Crippen LogP contribution in [0, 0.1) is 0 Å². The van der Waals surface area contributed by atoms with Crippen LogP contribution < -0.4 is 5.32 Å². The largest absolute Gasteiger partial charge is 0.444 e. The Morgan fingerprint density at radius 3 is 2.37 bits per heavy atom. The summed E-state index contributed by atoms with van der Waals surface area (Å²) in [6.07, 6.45) is 4.75. The van der Waals surface area contributed by atoms with Gasteiger partial charge in [-0.3, -0.25) is 15.0 Å². The summed E-state index contributed by atoms with van der Waals surface area (Å²) in [7, 11) is 0. The molecule has 6 nitrogen and oxygen atoms in total. The Balaban J connectivity index is 1.56. The van der Waals surface area contributed by atoms with Crippen LogP contribution in [0.4, 0.5) is 10.5 Å². The minimum Gasteiger partial charge on any atom is -0.444 e. The van der Waals surface area contributed by atoms with Gasteiger partial charge >= 0.3 is 6.09 Å². The molecule has 2 aliphatic rings. The third-order valence-electron chi connectivity index (χ3n) is 5.20. The number of nitrogens with zero attached hydrogens (tertiary/aromatic N) is 2. The van der Waals surface area contributed by atoms with E-state index >= 15 is 0 Å². The van der Waals surface area contributed by atoms with Crippen LogP contribution in [0.15, 0.2) is 24.3 Å². The van der Waals surface area contributed by atoms with E-state index in [1.807, 2.05) is 25.7 Å². The molecule has 1 N–H and O–H groups in total. The highest BCUT2D eigenvalue weighted by Crippen LogP contribution is 2.24. The molecule has 27 heavy (non-hydrogen) atoms. The molecule has 0 atom stereocenters. The van der Waals surface area contributed by atoms with Crippen LogP contribution in [-0.2, 0) is 4.74 Å². The van der Waals surface area contributed by atoms with Gasteiger partial charge in [0, 0.05) is 43.5 Å². The van der Waals surface area contributed by atoms with Crippen LogP contribution in [0.25, 0.3) is 0 Å². The standard InChI is InChI=1S/C21H31N3O3/c1-21(2,3)27-20(26)22-17-8-6-7-16(15-17)19(25)24-13-11-23(12-14-24)18-9-4-5-10-18/h6-8,15,18H,4-5,9-14H2,1-3H3,(H,22,26). The Morgan fingerprint density at radius 1 is 1.07 bits per heavy atom. The zero-order valence-electron chi connectivity index (χ0n) is 16.7. The number of amides is 2. The second-order valence-corrected chi connectivity index (χ2v) is 8.47. The molecule has 0 radical (unpaired) electrons. The lowest BCUT2D eigenvalue weighted by molar-refractivity contribution is 0.0571. The summed E-state index contributed by atoms with van der Waals surface area (Å²) in [6.45, 7) is 8.88. The third kappa shape index (κ3) is 5.45. The van der Waals surface area contributed by atoms with Gasteiger partial charge in [0.1, 0.15) is 5.60 Å². The maximum Gasteiger partial charge on any atom is 0.412 e. The van der Waals surface area contributed by atoms with Gasteiger partial charge in [-0.25, -0.2) is 4.79 Å². The molecule has 1 aliphatic heterocycles. The van der Waals surface area contributed by atoms with Crippen LogP contribution in [0.5, 0.6) is 0 Å². The van der Waals surface area contributed by atoms with Crippen molar-refractivity contribution < 1.29 is 14.3 Å². The monoisotopic (exact) mass is 373 g/mol. The lowest BCUT2D eigenvalue weighted by atomic mass is 10.1. The van der Waals surface area contributed by atoms with Gasteiger partial charge in [-0.1, -0.05) is 18.9 Å². The van der Waals surface area contributed by atoms with Crippen molar-refractivity contribution in [3.05, 3.63) is 29.8 Å². The van der Waals surface area contributed by atoms with Crippen molar-refractivity contribution in [2.45, 2.75) is 58.1 Å². The number of carbonyl (C=O) groups excluding carboxylic acids is 2. The predicted molar refractivity (Wildman–Crippen MR) is 106 cm³/mol. The second kappa shape index (κ2) is 8.30. The van der Waals surface area contributed by atoms with Gasteiger partial charge in [0.15, 0.2) is 0 Å². The first kappa shape index (κ1) is 19.7. The number of hydrogen-bond acceptors (Lipinski definition) is 4. The molecule has 1 aliphatic carbocycles. The highest BCUT2D eigenvalue weighted by molar-refractivity contribution is 5.96. The molecule has 6 heteroatoms. The lowest BCUT2D eigenvalue weighted by Crippen LogP contribution is -2.51. The van der Waals surface area contributed by atoms with E-state index in [0.717, 1.165) is 26.2 Å². The third-order valence-corrected chi connectivity index (χ3v) is 5.20. The van der Waals surface area contributed by atoms with Crippen molar-refractivity contribution in [2.24, 2.45) is 0 Å². The van der Waals surface area contributed by atoms with E-state index in [9.17, 15) is 9.59 Å². The fourth-order valence-electron chi connectivity index (χ4n) is 3.89. The molecular weight excluding hydrogens is 342 g/mol. The van der Waals surface area contributed by atoms with Crippen molar-refractivity contribution in [3.63, 3.8) is 0 Å². The lowest BCUT2D eigenvalue weighted by Gasteiger charge is -2.38. The number of ether oxygens (including phenoxy) is 1. The minimum atomic E-state index is -0.559. The smallest absolute Gasteiger partial charge is 0.412 e. The normalized spacial score (nSPS) is 19.1. The molecule has 2 fully saturated rings. The van der Waals surface area contributed by atoms with E-state index in [0.29, 0.717) is 17.3 Å². The van der Waals surface area contributed by atoms with Crippen LogP contribution in [-0.4, -0.2) is 59.6 Å². The molecule has 1 saturated carbocycles. The molecule has 0 aromatic heterocycles. The molecule has 148 valence electrons. The summed E-state index contributed by atoms with van der Waals surface area (Å²) in [5.41, 5.74) is 0.605. The number of piperazine rings is 1. The molecule has 0 bridgehead atoms. The average molecular weight is 373 g/mol. The molecule has 1 aromatic rings. The predicted octanol–water partition coefficient (Wildman–Crippen LogP) is 3.73. The van der Waals surface area contributed by atoms with Gasteiger partial charge in [0.05, 0.1) is 0 Å². The molecule has 1 heterocycles. The summed E-state index contributed by atoms with van der Waals surface area (Å²) < 4.78 is 5.27. The maximum absolute atomic E-state index is 12.9. The average Bonchev–Trinajstić information content (AvgIpc) is 3.14. The van der Waals surface area contributed by atoms with E-state index in [2.05, 4.69) is 10.2 Å². The van der Waals surface area contributed by atoms with E-state index in [1.54, 1.807) is 24.3 Å². The van der Waals surface area contributed by atoms with Crippen LogP contribution in [0.3, 0.4) is 0 Å². The fraction of sp³-hybridized carbons (Fsp3) is 0.619. The first-order valence-corrected chi connectivity index (χ1v) is 9.95. The molecule has 0 spiro atoms. The summed E-state index contributed by atoms with van der Waals surface area (Å²) in [5, 5.41) is 2.70. The first-order chi connectivity index (χ1) is 12.8. The number of benzene rings is 1. The van der Waals surface area contributed by atoms with E-state index in [1.165, 1.54) is 25.7 Å². The van der Waals surface area contributed by atoms with E-state index < -0.39 is 11.7 Å². The second-order valence-electron chi connectivity index (χ2n) is 8.47. The zero-order valence-corrected chi connectivity index (χ0v) is 16.7. The van der Waals surface area contributed by atoms with Crippen molar-refractivity contribution in [1.29, 1.82) is 0 Å².